The molecule has 158 valence electrons. The highest BCUT2D eigenvalue weighted by Crippen LogP contribution is 2.27. The molecule has 4 nitrogen and oxygen atoms in total. The monoisotopic (exact) mass is 449 g/mol. The van der Waals surface area contributed by atoms with Crippen molar-refractivity contribution < 1.29 is 19.4 Å². The predicted octanol–water partition coefficient (Wildman–Crippen LogP) is 5.13. The summed E-state index contributed by atoms with van der Waals surface area (Å²) in [6.07, 6.45) is -0.593. The van der Waals surface area contributed by atoms with Crippen molar-refractivity contribution in [2.75, 3.05) is 13.1 Å². The molecule has 7 heteroatoms. The van der Waals surface area contributed by atoms with Crippen LogP contribution in [0.5, 0.6) is 0 Å². The average Bonchev–Trinajstić information content (AvgIpc) is 2.72. The minimum absolute atomic E-state index is 0. The zero-order chi connectivity index (χ0) is 20.8. The Kier molecular flexibility index (Phi) is 8.81. The van der Waals surface area contributed by atoms with Gasteiger partial charge in [0.25, 0.3) is 0 Å². The van der Waals surface area contributed by atoms with Crippen LogP contribution in [0.2, 0.25) is 5.02 Å². The lowest BCUT2D eigenvalue weighted by Crippen LogP contribution is -2.24. The van der Waals surface area contributed by atoms with Crippen molar-refractivity contribution in [3.63, 3.8) is 0 Å². The molecule has 0 fully saturated rings. The maximum atomic E-state index is 15.1. The van der Waals surface area contributed by atoms with E-state index in [1.54, 1.807) is 48.5 Å². The van der Waals surface area contributed by atoms with Gasteiger partial charge in [0.1, 0.15) is 5.82 Å². The van der Waals surface area contributed by atoms with Gasteiger partial charge in [0.2, 0.25) is 0 Å². The number of hydrogen-bond acceptors (Lipinski definition) is 3. The molecule has 3 rings (SSSR count). The molecule has 3 aromatic carbocycles. The number of carbonyl (C=O) groups is 1. The van der Waals surface area contributed by atoms with Crippen molar-refractivity contribution in [1.82, 2.24) is 5.32 Å². The number of rotatable bonds is 8. The van der Waals surface area contributed by atoms with E-state index >= 15 is 4.39 Å². The maximum absolute atomic E-state index is 15.1. The molecular formula is C23H22Cl2FNO3. The number of carboxylic acids is 1. The van der Waals surface area contributed by atoms with Gasteiger partial charge in [-0.3, -0.25) is 0 Å². The van der Waals surface area contributed by atoms with Crippen molar-refractivity contribution in [2.45, 2.75) is 12.5 Å². The van der Waals surface area contributed by atoms with E-state index in [2.05, 4.69) is 5.32 Å². The van der Waals surface area contributed by atoms with E-state index in [1.165, 1.54) is 12.1 Å². The van der Waals surface area contributed by atoms with E-state index in [0.29, 0.717) is 28.3 Å². The van der Waals surface area contributed by atoms with Gasteiger partial charge in [-0.2, -0.15) is 0 Å². The topological polar surface area (TPSA) is 69.6 Å². The third-order valence-electron chi connectivity index (χ3n) is 4.68. The lowest BCUT2D eigenvalue weighted by Gasteiger charge is -2.15. The van der Waals surface area contributed by atoms with E-state index in [0.717, 1.165) is 0 Å². The Morgan fingerprint density at radius 1 is 1.07 bits per heavy atom. The molecule has 0 aliphatic carbocycles. The second-order valence-electron chi connectivity index (χ2n) is 6.65. The van der Waals surface area contributed by atoms with Crippen LogP contribution in [0.25, 0.3) is 11.1 Å². The van der Waals surface area contributed by atoms with Crippen molar-refractivity contribution in [2.24, 2.45) is 0 Å². The number of aliphatic hydroxyl groups is 1. The SMILES string of the molecule is Cl.O=C(O)c1ccc(-c2ccccc2)c(F)c1CCNC[C@H](O)c1cccc(Cl)c1. The lowest BCUT2D eigenvalue weighted by atomic mass is 9.96. The number of aromatic carboxylic acids is 1. The van der Waals surface area contributed by atoms with Crippen molar-refractivity contribution in [1.29, 1.82) is 0 Å². The smallest absolute Gasteiger partial charge is 0.336 e. The molecule has 0 saturated heterocycles. The molecule has 1 atom stereocenters. The summed E-state index contributed by atoms with van der Waals surface area (Å²) < 4.78 is 15.1. The highest BCUT2D eigenvalue weighted by molar-refractivity contribution is 6.30. The summed E-state index contributed by atoms with van der Waals surface area (Å²) in [5.41, 5.74) is 1.81. The lowest BCUT2D eigenvalue weighted by molar-refractivity contribution is 0.0695. The van der Waals surface area contributed by atoms with Gasteiger partial charge in [-0.05, 0) is 42.3 Å². The fourth-order valence-electron chi connectivity index (χ4n) is 3.19. The van der Waals surface area contributed by atoms with Gasteiger partial charge in [0, 0.05) is 22.7 Å². The molecule has 0 unspecified atom stereocenters. The molecule has 0 spiro atoms. The molecule has 0 aliphatic rings. The first-order valence-electron chi connectivity index (χ1n) is 9.21. The summed E-state index contributed by atoms with van der Waals surface area (Å²) in [4.78, 5) is 11.5. The fraction of sp³-hybridized carbons (Fsp3) is 0.174. The standard InChI is InChI=1S/C23H21ClFNO3.ClH/c24-17-8-4-7-16(13-17)21(27)14-26-12-11-19-20(23(28)29)10-9-18(22(19)25)15-5-2-1-3-6-15;/h1-10,13,21,26-27H,11-12,14H2,(H,28,29);1H/t21-;/m0./s1. The normalized spacial score (nSPS) is 11.6. The summed E-state index contributed by atoms with van der Waals surface area (Å²) in [6, 6.07) is 18.9. The second kappa shape index (κ2) is 11.1. The largest absolute Gasteiger partial charge is 0.478 e. The molecule has 0 bridgehead atoms. The Morgan fingerprint density at radius 3 is 2.47 bits per heavy atom. The van der Waals surface area contributed by atoms with E-state index in [-0.39, 0.29) is 36.5 Å². The van der Waals surface area contributed by atoms with Crippen LogP contribution in [0, 0.1) is 5.82 Å². The molecule has 3 aromatic rings. The summed E-state index contributed by atoms with van der Waals surface area (Å²) >= 11 is 5.93. The molecule has 0 heterocycles. The Balaban J connectivity index is 0.00000320. The van der Waals surface area contributed by atoms with Gasteiger partial charge in [-0.1, -0.05) is 60.1 Å². The summed E-state index contributed by atoms with van der Waals surface area (Å²) in [5.74, 6) is -1.70. The zero-order valence-electron chi connectivity index (χ0n) is 16.0. The van der Waals surface area contributed by atoms with Gasteiger partial charge in [-0.15, -0.1) is 12.4 Å². The van der Waals surface area contributed by atoms with E-state index in [4.69, 9.17) is 11.6 Å². The number of benzene rings is 3. The van der Waals surface area contributed by atoms with Crippen LogP contribution >= 0.6 is 24.0 Å². The Hall–Kier alpha value is -2.44. The van der Waals surface area contributed by atoms with E-state index < -0.39 is 17.9 Å². The number of halogens is 3. The Labute approximate surface area is 185 Å². The summed E-state index contributed by atoms with van der Waals surface area (Å²) in [6.45, 7) is 0.551. The van der Waals surface area contributed by atoms with Gasteiger partial charge >= 0.3 is 5.97 Å². The second-order valence-corrected chi connectivity index (χ2v) is 7.09. The van der Waals surface area contributed by atoms with Crippen molar-refractivity contribution in [3.05, 3.63) is 94.3 Å². The number of aliphatic hydroxyl groups excluding tert-OH is 1. The van der Waals surface area contributed by atoms with E-state index in [1.807, 2.05) is 6.07 Å². The maximum Gasteiger partial charge on any atom is 0.336 e. The molecule has 30 heavy (non-hydrogen) atoms. The van der Waals surface area contributed by atoms with Crippen molar-refractivity contribution >= 4 is 30.0 Å². The third kappa shape index (κ3) is 5.80. The van der Waals surface area contributed by atoms with Gasteiger partial charge in [-0.25, -0.2) is 9.18 Å². The van der Waals surface area contributed by atoms with Crippen LogP contribution in [0.15, 0.2) is 66.7 Å². The van der Waals surface area contributed by atoms with Crippen LogP contribution in [0.3, 0.4) is 0 Å². The predicted molar refractivity (Wildman–Crippen MR) is 119 cm³/mol. The molecule has 0 saturated carbocycles. The van der Waals surface area contributed by atoms with Crippen LogP contribution < -0.4 is 5.32 Å². The number of nitrogens with one attached hydrogen (secondary N) is 1. The number of hydrogen-bond donors (Lipinski definition) is 3. The highest BCUT2D eigenvalue weighted by Gasteiger charge is 2.18. The summed E-state index contributed by atoms with van der Waals surface area (Å²) in [5, 5.41) is 23.3. The van der Waals surface area contributed by atoms with Crippen LogP contribution in [-0.4, -0.2) is 29.3 Å². The highest BCUT2D eigenvalue weighted by atomic mass is 35.5. The van der Waals surface area contributed by atoms with Crippen molar-refractivity contribution in [3.8, 4) is 11.1 Å². The van der Waals surface area contributed by atoms with Crippen LogP contribution in [0.1, 0.15) is 27.6 Å². The first-order chi connectivity index (χ1) is 14.0. The molecule has 0 amide bonds. The fourth-order valence-corrected chi connectivity index (χ4v) is 3.39. The quantitative estimate of drug-likeness (QED) is 0.416. The minimum atomic E-state index is -1.17. The van der Waals surface area contributed by atoms with E-state index in [9.17, 15) is 15.0 Å². The van der Waals surface area contributed by atoms with Gasteiger partial charge in [0.15, 0.2) is 0 Å². The first-order valence-corrected chi connectivity index (χ1v) is 9.59. The number of carboxylic acid groups (broad SMARTS) is 1. The third-order valence-corrected chi connectivity index (χ3v) is 4.92. The van der Waals surface area contributed by atoms with Gasteiger partial charge in [0.05, 0.1) is 11.7 Å². The molecular weight excluding hydrogens is 428 g/mol. The summed E-state index contributed by atoms with van der Waals surface area (Å²) in [7, 11) is 0. The molecule has 0 aliphatic heterocycles. The first kappa shape index (κ1) is 23.8. The average molecular weight is 450 g/mol. The molecule has 0 radical (unpaired) electrons. The van der Waals surface area contributed by atoms with Crippen LogP contribution in [0.4, 0.5) is 4.39 Å². The molecule has 3 N–H and O–H groups in total. The Bertz CT molecular complexity index is 999. The Morgan fingerprint density at radius 2 is 1.80 bits per heavy atom. The zero-order valence-corrected chi connectivity index (χ0v) is 17.6. The minimum Gasteiger partial charge on any atom is -0.478 e. The molecule has 0 aromatic heterocycles. The van der Waals surface area contributed by atoms with Gasteiger partial charge < -0.3 is 15.5 Å². The van der Waals surface area contributed by atoms with Crippen LogP contribution in [-0.2, 0) is 6.42 Å².